The Balaban J connectivity index is 2.90. The van der Waals surface area contributed by atoms with Gasteiger partial charge in [-0.2, -0.15) is 0 Å². The molecule has 0 fully saturated rings. The molecule has 0 aromatic heterocycles. The number of rotatable bonds is 7. The number of carbonyl (C=O) groups is 1. The van der Waals surface area contributed by atoms with E-state index in [9.17, 15) is 4.79 Å². The SMILES string of the molecule is COc1cc(OC)c(N)c(C(=O)N(C)CCOC(C)C)c1. The van der Waals surface area contributed by atoms with Crippen molar-refractivity contribution in [2.24, 2.45) is 0 Å². The number of ether oxygens (including phenoxy) is 3. The normalized spacial score (nSPS) is 10.6. The molecule has 0 heterocycles. The molecule has 6 nitrogen and oxygen atoms in total. The molecular weight excluding hydrogens is 272 g/mol. The number of hydrogen-bond donors (Lipinski definition) is 1. The Morgan fingerprint density at radius 3 is 2.48 bits per heavy atom. The fraction of sp³-hybridized carbons (Fsp3) is 0.533. The molecular formula is C15H24N2O4. The van der Waals surface area contributed by atoms with Gasteiger partial charge >= 0.3 is 0 Å². The molecule has 0 aliphatic carbocycles. The minimum absolute atomic E-state index is 0.135. The van der Waals surface area contributed by atoms with E-state index in [0.717, 1.165) is 0 Å². The van der Waals surface area contributed by atoms with Gasteiger partial charge in [0, 0.05) is 19.7 Å². The number of nitrogens with two attached hydrogens (primary N) is 1. The molecule has 1 aromatic rings. The Kier molecular flexibility index (Phi) is 6.30. The number of methoxy groups -OCH3 is 2. The van der Waals surface area contributed by atoms with Crippen molar-refractivity contribution in [3.63, 3.8) is 0 Å². The third-order valence-electron chi connectivity index (χ3n) is 3.03. The predicted molar refractivity (Wildman–Crippen MR) is 82.0 cm³/mol. The van der Waals surface area contributed by atoms with Gasteiger partial charge in [0.25, 0.3) is 5.91 Å². The van der Waals surface area contributed by atoms with Gasteiger partial charge in [0.05, 0.1) is 38.2 Å². The molecule has 1 rings (SSSR count). The summed E-state index contributed by atoms with van der Waals surface area (Å²) in [5.41, 5.74) is 6.64. The largest absolute Gasteiger partial charge is 0.497 e. The summed E-state index contributed by atoms with van der Waals surface area (Å²) in [6, 6.07) is 3.26. The zero-order valence-electron chi connectivity index (χ0n) is 13.3. The summed E-state index contributed by atoms with van der Waals surface area (Å²) in [7, 11) is 4.73. The van der Waals surface area contributed by atoms with Crippen molar-refractivity contribution in [2.75, 3.05) is 40.2 Å². The molecule has 0 saturated heterocycles. The Labute approximate surface area is 125 Å². The van der Waals surface area contributed by atoms with Crippen molar-refractivity contribution in [2.45, 2.75) is 20.0 Å². The molecule has 0 unspecified atom stereocenters. The van der Waals surface area contributed by atoms with E-state index in [0.29, 0.717) is 35.9 Å². The highest BCUT2D eigenvalue weighted by Gasteiger charge is 2.19. The van der Waals surface area contributed by atoms with Crippen molar-refractivity contribution in [1.29, 1.82) is 0 Å². The summed E-state index contributed by atoms with van der Waals surface area (Å²) in [6.07, 6.45) is 0.135. The second kappa shape index (κ2) is 7.73. The first-order chi connectivity index (χ1) is 9.90. The smallest absolute Gasteiger partial charge is 0.256 e. The quantitative estimate of drug-likeness (QED) is 0.776. The van der Waals surface area contributed by atoms with Gasteiger partial charge in [0.15, 0.2) is 0 Å². The molecule has 0 aliphatic rings. The van der Waals surface area contributed by atoms with Gasteiger partial charge in [-0.25, -0.2) is 0 Å². The summed E-state index contributed by atoms with van der Waals surface area (Å²) in [5.74, 6) is 0.748. The molecule has 6 heteroatoms. The van der Waals surface area contributed by atoms with Gasteiger partial charge in [-0.3, -0.25) is 4.79 Å². The molecule has 118 valence electrons. The Morgan fingerprint density at radius 1 is 1.29 bits per heavy atom. The zero-order valence-corrected chi connectivity index (χ0v) is 13.3. The summed E-state index contributed by atoms with van der Waals surface area (Å²) < 4.78 is 15.8. The van der Waals surface area contributed by atoms with E-state index in [-0.39, 0.29) is 12.0 Å². The maximum atomic E-state index is 12.5. The minimum Gasteiger partial charge on any atom is -0.497 e. The molecule has 1 amide bonds. The van der Waals surface area contributed by atoms with E-state index in [1.165, 1.54) is 14.2 Å². The van der Waals surface area contributed by atoms with Gasteiger partial charge in [-0.15, -0.1) is 0 Å². The van der Waals surface area contributed by atoms with E-state index in [2.05, 4.69) is 0 Å². The highest BCUT2D eigenvalue weighted by molar-refractivity contribution is 6.00. The monoisotopic (exact) mass is 296 g/mol. The van der Waals surface area contributed by atoms with E-state index in [1.54, 1.807) is 24.1 Å². The van der Waals surface area contributed by atoms with Crippen LogP contribution in [0.15, 0.2) is 12.1 Å². The van der Waals surface area contributed by atoms with Crippen LogP contribution < -0.4 is 15.2 Å². The summed E-state index contributed by atoms with van der Waals surface area (Å²) in [4.78, 5) is 14.0. The number of benzene rings is 1. The summed E-state index contributed by atoms with van der Waals surface area (Å²) >= 11 is 0. The fourth-order valence-corrected chi connectivity index (χ4v) is 1.80. The maximum absolute atomic E-state index is 12.5. The highest BCUT2D eigenvalue weighted by atomic mass is 16.5. The number of carbonyl (C=O) groups excluding carboxylic acids is 1. The number of hydrogen-bond acceptors (Lipinski definition) is 5. The standard InChI is InChI=1S/C15H24N2O4/c1-10(2)21-7-6-17(3)15(18)12-8-11(19-4)9-13(20-5)14(12)16/h8-10H,6-7,16H2,1-5H3. The number of nitrogens with zero attached hydrogens (tertiary/aromatic N) is 1. The second-order valence-electron chi connectivity index (χ2n) is 4.94. The molecule has 2 N–H and O–H groups in total. The Morgan fingerprint density at radius 2 is 1.95 bits per heavy atom. The zero-order chi connectivity index (χ0) is 16.0. The van der Waals surface area contributed by atoms with Crippen LogP contribution in [0.25, 0.3) is 0 Å². The summed E-state index contributed by atoms with van der Waals surface area (Å²) in [5, 5.41) is 0. The fourth-order valence-electron chi connectivity index (χ4n) is 1.80. The van der Waals surface area contributed by atoms with Crippen LogP contribution in [-0.2, 0) is 4.74 Å². The van der Waals surface area contributed by atoms with Gasteiger partial charge < -0.3 is 24.8 Å². The molecule has 0 spiro atoms. The first-order valence-electron chi connectivity index (χ1n) is 6.79. The van der Waals surface area contributed by atoms with Gasteiger partial charge in [-0.05, 0) is 19.9 Å². The number of anilines is 1. The predicted octanol–water partition coefficient (Wildman–Crippen LogP) is 1.78. The lowest BCUT2D eigenvalue weighted by Crippen LogP contribution is -2.31. The van der Waals surface area contributed by atoms with Crippen LogP contribution in [0, 0.1) is 0 Å². The average molecular weight is 296 g/mol. The van der Waals surface area contributed by atoms with Crippen molar-refractivity contribution in [3.8, 4) is 11.5 Å². The second-order valence-corrected chi connectivity index (χ2v) is 4.94. The van der Waals surface area contributed by atoms with Crippen LogP contribution in [-0.4, -0.2) is 51.3 Å². The molecule has 0 radical (unpaired) electrons. The van der Waals surface area contributed by atoms with Crippen molar-refractivity contribution >= 4 is 11.6 Å². The minimum atomic E-state index is -0.197. The third kappa shape index (κ3) is 4.53. The van der Waals surface area contributed by atoms with Crippen molar-refractivity contribution < 1.29 is 19.0 Å². The first kappa shape index (κ1) is 17.1. The highest BCUT2D eigenvalue weighted by Crippen LogP contribution is 2.31. The Hall–Kier alpha value is -1.95. The lowest BCUT2D eigenvalue weighted by atomic mass is 10.1. The molecule has 0 bridgehead atoms. The van der Waals surface area contributed by atoms with Crippen LogP contribution in [0.5, 0.6) is 11.5 Å². The van der Waals surface area contributed by atoms with E-state index in [4.69, 9.17) is 19.9 Å². The number of amides is 1. The van der Waals surface area contributed by atoms with E-state index < -0.39 is 0 Å². The van der Waals surface area contributed by atoms with Crippen LogP contribution >= 0.6 is 0 Å². The maximum Gasteiger partial charge on any atom is 0.256 e. The number of nitrogen functional groups attached to an aromatic ring is 1. The van der Waals surface area contributed by atoms with E-state index >= 15 is 0 Å². The Bertz CT molecular complexity index is 489. The topological polar surface area (TPSA) is 74.0 Å². The van der Waals surface area contributed by atoms with Gasteiger partial charge in [-0.1, -0.05) is 0 Å². The van der Waals surface area contributed by atoms with Gasteiger partial charge in [0.2, 0.25) is 0 Å². The van der Waals surface area contributed by atoms with Crippen LogP contribution in [0.2, 0.25) is 0 Å². The molecule has 1 aromatic carbocycles. The van der Waals surface area contributed by atoms with Crippen molar-refractivity contribution in [3.05, 3.63) is 17.7 Å². The van der Waals surface area contributed by atoms with Crippen LogP contribution in [0.1, 0.15) is 24.2 Å². The van der Waals surface area contributed by atoms with Crippen LogP contribution in [0.3, 0.4) is 0 Å². The molecule has 0 saturated carbocycles. The van der Waals surface area contributed by atoms with E-state index in [1.807, 2.05) is 13.8 Å². The average Bonchev–Trinajstić information content (AvgIpc) is 2.46. The molecule has 0 aliphatic heterocycles. The molecule has 0 atom stereocenters. The van der Waals surface area contributed by atoms with Crippen LogP contribution in [0.4, 0.5) is 5.69 Å². The first-order valence-corrected chi connectivity index (χ1v) is 6.79. The lowest BCUT2D eigenvalue weighted by Gasteiger charge is -2.20. The summed E-state index contributed by atoms with van der Waals surface area (Å²) in [6.45, 7) is 4.86. The lowest BCUT2D eigenvalue weighted by molar-refractivity contribution is 0.0532. The third-order valence-corrected chi connectivity index (χ3v) is 3.03. The van der Waals surface area contributed by atoms with Crippen molar-refractivity contribution in [1.82, 2.24) is 4.90 Å². The molecule has 21 heavy (non-hydrogen) atoms. The number of likely N-dealkylation sites (N-methyl/N-ethyl adjacent to an activating group) is 1. The van der Waals surface area contributed by atoms with Gasteiger partial charge in [0.1, 0.15) is 11.5 Å².